The molecule has 1 aliphatic carbocycles. The van der Waals surface area contributed by atoms with Gasteiger partial charge in [0, 0.05) is 29.2 Å². The van der Waals surface area contributed by atoms with Crippen molar-refractivity contribution < 1.29 is 18.3 Å². The molecule has 0 saturated heterocycles. The number of fused-ring (bicyclic) bond motifs is 1. The molecule has 1 atom stereocenters. The number of halogens is 2. The Hall–Kier alpha value is -2.60. The first-order chi connectivity index (χ1) is 14.0. The minimum Gasteiger partial charge on any atom is -0.493 e. The van der Waals surface area contributed by atoms with Gasteiger partial charge in [-0.2, -0.15) is 0 Å². The van der Waals surface area contributed by atoms with Gasteiger partial charge < -0.3 is 20.2 Å². The Morgan fingerprint density at radius 3 is 2.52 bits per heavy atom. The largest absolute Gasteiger partial charge is 0.493 e. The van der Waals surface area contributed by atoms with Crippen molar-refractivity contribution in [2.75, 3.05) is 13.7 Å². The molecule has 0 bridgehead atoms. The molecule has 1 saturated carbocycles. The van der Waals surface area contributed by atoms with Crippen molar-refractivity contribution in [3.8, 4) is 11.5 Å². The molecule has 1 fully saturated rings. The Morgan fingerprint density at radius 2 is 1.76 bits per heavy atom. The highest BCUT2D eigenvalue weighted by atomic mass is 19.1. The highest BCUT2D eigenvalue weighted by Crippen LogP contribution is 2.39. The molecule has 154 valence electrons. The van der Waals surface area contributed by atoms with E-state index in [2.05, 4.69) is 4.98 Å². The summed E-state index contributed by atoms with van der Waals surface area (Å²) in [5.41, 5.74) is 8.49. The number of ether oxygens (including phenoxy) is 2. The van der Waals surface area contributed by atoms with Gasteiger partial charge in [0.2, 0.25) is 0 Å². The van der Waals surface area contributed by atoms with Gasteiger partial charge in [-0.3, -0.25) is 0 Å². The molecule has 4 rings (SSSR count). The normalized spacial score (nSPS) is 20.6. The van der Waals surface area contributed by atoms with Crippen LogP contribution >= 0.6 is 0 Å². The maximum atomic E-state index is 13.5. The van der Waals surface area contributed by atoms with E-state index >= 15 is 0 Å². The van der Waals surface area contributed by atoms with Crippen LogP contribution in [-0.4, -0.2) is 24.7 Å². The average Bonchev–Trinajstić information content (AvgIpc) is 3.15. The van der Waals surface area contributed by atoms with Crippen LogP contribution in [0.2, 0.25) is 0 Å². The van der Waals surface area contributed by atoms with Crippen LogP contribution in [-0.2, 0) is 0 Å². The zero-order valence-corrected chi connectivity index (χ0v) is 16.5. The molecule has 2 aromatic carbocycles. The van der Waals surface area contributed by atoms with Gasteiger partial charge >= 0.3 is 0 Å². The summed E-state index contributed by atoms with van der Waals surface area (Å²) >= 11 is 0. The van der Waals surface area contributed by atoms with Gasteiger partial charge in [0.25, 0.3) is 0 Å². The average molecular weight is 400 g/mol. The number of H-pyrrole nitrogens is 1. The van der Waals surface area contributed by atoms with Crippen LogP contribution in [0.3, 0.4) is 0 Å². The third-order valence-corrected chi connectivity index (χ3v) is 6.05. The minimum absolute atomic E-state index is 0.124. The topological polar surface area (TPSA) is 60.3 Å². The SMILES string of the molecule is COc1ccc(F)cc1OCC(N)C1CCC(c2c[nH]c3cc(F)ccc23)CC1. The Kier molecular flexibility index (Phi) is 5.72. The molecule has 1 aliphatic rings. The number of nitrogens with one attached hydrogen (secondary N) is 1. The van der Waals surface area contributed by atoms with Crippen molar-refractivity contribution in [3.05, 3.63) is 59.8 Å². The lowest BCUT2D eigenvalue weighted by Crippen LogP contribution is -2.37. The van der Waals surface area contributed by atoms with Gasteiger partial charge in [0.1, 0.15) is 18.2 Å². The Morgan fingerprint density at radius 1 is 1.03 bits per heavy atom. The van der Waals surface area contributed by atoms with Gasteiger partial charge in [0.05, 0.1) is 7.11 Å². The molecule has 0 radical (unpaired) electrons. The monoisotopic (exact) mass is 400 g/mol. The molecule has 0 spiro atoms. The molecular weight excluding hydrogens is 374 g/mol. The molecule has 1 aromatic heterocycles. The molecular formula is C23H26F2N2O2. The minimum atomic E-state index is -0.367. The number of hydrogen-bond donors (Lipinski definition) is 2. The second-order valence-electron chi connectivity index (χ2n) is 7.82. The highest BCUT2D eigenvalue weighted by Gasteiger charge is 2.28. The van der Waals surface area contributed by atoms with Gasteiger partial charge in [-0.05, 0) is 73.4 Å². The van der Waals surface area contributed by atoms with E-state index in [1.54, 1.807) is 12.1 Å². The molecule has 3 aromatic rings. The van der Waals surface area contributed by atoms with Crippen molar-refractivity contribution in [3.63, 3.8) is 0 Å². The predicted octanol–water partition coefficient (Wildman–Crippen LogP) is 5.13. The van der Waals surface area contributed by atoms with E-state index in [0.717, 1.165) is 36.6 Å². The number of hydrogen-bond acceptors (Lipinski definition) is 3. The smallest absolute Gasteiger partial charge is 0.164 e. The van der Waals surface area contributed by atoms with E-state index < -0.39 is 0 Å². The van der Waals surface area contributed by atoms with Crippen LogP contribution in [0.5, 0.6) is 11.5 Å². The van der Waals surface area contributed by atoms with E-state index in [9.17, 15) is 8.78 Å². The standard InChI is InChI=1S/C23H26F2N2O2/c1-28-22-9-7-17(25)11-23(22)29-13-20(26)15-4-2-14(3-5-15)19-12-27-21-10-16(24)6-8-18(19)21/h6-12,14-15,20,27H,2-5,13,26H2,1H3. The molecule has 0 amide bonds. The number of benzene rings is 2. The number of nitrogens with two attached hydrogens (primary N) is 1. The first-order valence-corrected chi connectivity index (χ1v) is 10.0. The number of rotatable bonds is 6. The summed E-state index contributed by atoms with van der Waals surface area (Å²) in [5.74, 6) is 1.08. The summed E-state index contributed by atoms with van der Waals surface area (Å²) in [6.07, 6.45) is 6.08. The summed E-state index contributed by atoms with van der Waals surface area (Å²) in [6, 6.07) is 9.00. The third-order valence-electron chi connectivity index (χ3n) is 6.05. The van der Waals surface area contributed by atoms with Crippen LogP contribution in [0, 0.1) is 17.6 Å². The van der Waals surface area contributed by atoms with E-state index in [1.807, 2.05) is 12.3 Å². The fourth-order valence-electron chi connectivity index (χ4n) is 4.40. The number of methoxy groups -OCH3 is 1. The zero-order valence-electron chi connectivity index (χ0n) is 16.5. The summed E-state index contributed by atoms with van der Waals surface area (Å²) in [5, 5.41) is 1.10. The Labute approximate surface area is 169 Å². The summed E-state index contributed by atoms with van der Waals surface area (Å²) in [4.78, 5) is 3.19. The molecule has 1 heterocycles. The predicted molar refractivity (Wildman–Crippen MR) is 109 cm³/mol. The van der Waals surface area contributed by atoms with Crippen LogP contribution in [0.15, 0.2) is 42.6 Å². The summed E-state index contributed by atoms with van der Waals surface area (Å²) in [6.45, 7) is 0.321. The van der Waals surface area contributed by atoms with Crippen molar-refractivity contribution in [2.24, 2.45) is 11.7 Å². The van der Waals surface area contributed by atoms with Crippen LogP contribution in [0.4, 0.5) is 8.78 Å². The second kappa shape index (κ2) is 8.41. The van der Waals surface area contributed by atoms with Crippen molar-refractivity contribution in [2.45, 2.75) is 37.6 Å². The van der Waals surface area contributed by atoms with Gasteiger partial charge in [0.15, 0.2) is 11.5 Å². The van der Waals surface area contributed by atoms with Crippen LogP contribution < -0.4 is 15.2 Å². The Balaban J connectivity index is 1.35. The lowest BCUT2D eigenvalue weighted by atomic mass is 9.76. The van der Waals surface area contributed by atoms with Crippen molar-refractivity contribution in [1.82, 2.24) is 4.98 Å². The molecule has 4 nitrogen and oxygen atoms in total. The maximum Gasteiger partial charge on any atom is 0.164 e. The Bertz CT molecular complexity index is 980. The van der Waals surface area contributed by atoms with Gasteiger partial charge in [-0.15, -0.1) is 0 Å². The first kappa shape index (κ1) is 19.7. The van der Waals surface area contributed by atoms with Crippen molar-refractivity contribution in [1.29, 1.82) is 0 Å². The van der Waals surface area contributed by atoms with E-state index in [-0.39, 0.29) is 17.7 Å². The van der Waals surface area contributed by atoms with Crippen molar-refractivity contribution >= 4 is 10.9 Å². The van der Waals surface area contributed by atoms with Gasteiger partial charge in [-0.25, -0.2) is 8.78 Å². The van der Waals surface area contributed by atoms with Crippen LogP contribution in [0.1, 0.15) is 37.2 Å². The quantitative estimate of drug-likeness (QED) is 0.603. The fourth-order valence-corrected chi connectivity index (χ4v) is 4.40. The van der Waals surface area contributed by atoms with E-state index in [1.165, 1.54) is 30.9 Å². The van der Waals surface area contributed by atoms with E-state index in [0.29, 0.717) is 29.9 Å². The summed E-state index contributed by atoms with van der Waals surface area (Å²) in [7, 11) is 1.53. The molecule has 0 aliphatic heterocycles. The number of aromatic amines is 1. The lowest BCUT2D eigenvalue weighted by molar-refractivity contribution is 0.201. The zero-order chi connectivity index (χ0) is 20.4. The number of aromatic nitrogens is 1. The second-order valence-corrected chi connectivity index (χ2v) is 7.82. The third kappa shape index (κ3) is 4.22. The molecule has 6 heteroatoms. The molecule has 1 unspecified atom stereocenters. The lowest BCUT2D eigenvalue weighted by Gasteiger charge is -2.32. The molecule has 29 heavy (non-hydrogen) atoms. The summed E-state index contributed by atoms with van der Waals surface area (Å²) < 4.78 is 37.9. The fraction of sp³-hybridized carbons (Fsp3) is 0.391. The van der Waals surface area contributed by atoms with E-state index in [4.69, 9.17) is 15.2 Å². The molecule has 3 N–H and O–H groups in total. The maximum absolute atomic E-state index is 13.5. The van der Waals surface area contributed by atoms with Crippen LogP contribution in [0.25, 0.3) is 10.9 Å². The highest BCUT2D eigenvalue weighted by molar-refractivity contribution is 5.83. The first-order valence-electron chi connectivity index (χ1n) is 10.0. The van der Waals surface area contributed by atoms with Gasteiger partial charge in [-0.1, -0.05) is 0 Å².